The molecule has 0 saturated heterocycles. The van der Waals surface area contributed by atoms with Crippen LogP contribution >= 0.6 is 11.3 Å². The van der Waals surface area contributed by atoms with Gasteiger partial charge in [0.25, 0.3) is 11.5 Å². The van der Waals surface area contributed by atoms with Crippen LogP contribution in [0.5, 0.6) is 5.75 Å². The van der Waals surface area contributed by atoms with E-state index < -0.39 is 28.7 Å². The Morgan fingerprint density at radius 2 is 1.90 bits per heavy atom. The topological polar surface area (TPSA) is 73.2 Å². The highest BCUT2D eigenvalue weighted by Crippen LogP contribution is 2.35. The molecule has 10 heteroatoms. The zero-order chi connectivity index (χ0) is 22.1. The number of amides is 1. The van der Waals surface area contributed by atoms with Crippen molar-refractivity contribution >= 4 is 22.9 Å². The average molecular weight is 437 g/mol. The van der Waals surface area contributed by atoms with Gasteiger partial charge < -0.3 is 10.1 Å². The minimum absolute atomic E-state index is 0.0554. The molecule has 0 spiro atoms. The number of hydrogen-bond donors (Lipinski definition) is 1. The monoisotopic (exact) mass is 437 g/mol. The minimum atomic E-state index is -4.59. The number of nitrogens with one attached hydrogen (secondary N) is 1. The van der Waals surface area contributed by atoms with Crippen LogP contribution in [0.1, 0.15) is 19.4 Å². The molecule has 1 amide bonds. The lowest BCUT2D eigenvalue weighted by atomic mass is 10.0. The van der Waals surface area contributed by atoms with Gasteiger partial charge in [0.1, 0.15) is 17.0 Å². The van der Waals surface area contributed by atoms with E-state index in [0.717, 1.165) is 27.8 Å². The van der Waals surface area contributed by atoms with Crippen molar-refractivity contribution in [3.63, 3.8) is 0 Å². The van der Waals surface area contributed by atoms with Crippen LogP contribution in [0.25, 0.3) is 10.6 Å². The molecule has 2 heterocycles. The maximum absolute atomic E-state index is 13.1. The Hall–Kier alpha value is -3.14. The largest absolute Gasteiger partial charge is 0.495 e. The summed E-state index contributed by atoms with van der Waals surface area (Å²) in [6.45, 7) is 2.91. The van der Waals surface area contributed by atoms with Crippen LogP contribution in [-0.2, 0) is 16.5 Å². The summed E-state index contributed by atoms with van der Waals surface area (Å²) in [5.74, 6) is -0.669. The van der Waals surface area contributed by atoms with Crippen LogP contribution in [-0.4, -0.2) is 22.8 Å². The number of ether oxygens (including phenoxy) is 1. The highest BCUT2D eigenvalue weighted by Gasteiger charge is 2.35. The maximum atomic E-state index is 13.1. The van der Waals surface area contributed by atoms with E-state index in [9.17, 15) is 22.8 Å². The second kappa shape index (κ2) is 7.94. The summed E-state index contributed by atoms with van der Waals surface area (Å²) >= 11 is 1.42. The maximum Gasteiger partial charge on any atom is 0.416 e. The summed E-state index contributed by atoms with van der Waals surface area (Å²) in [5.41, 5.74) is -2.61. The molecule has 3 rings (SSSR count). The Balaban J connectivity index is 1.98. The van der Waals surface area contributed by atoms with Crippen LogP contribution < -0.4 is 15.6 Å². The first-order chi connectivity index (χ1) is 14.0. The van der Waals surface area contributed by atoms with Gasteiger partial charge in [0.05, 0.1) is 23.2 Å². The number of carbonyl (C=O) groups excluding carboxylic acids is 1. The summed E-state index contributed by atoms with van der Waals surface area (Å²) in [6.07, 6.45) is -4.59. The fourth-order valence-corrected chi connectivity index (χ4v) is 3.41. The molecule has 0 atom stereocenters. The highest BCUT2D eigenvalue weighted by molar-refractivity contribution is 7.13. The quantitative estimate of drug-likeness (QED) is 0.643. The normalized spacial score (nSPS) is 11.9. The third-order valence-corrected chi connectivity index (χ3v) is 5.33. The second-order valence-electron chi connectivity index (χ2n) is 6.87. The molecule has 2 aromatic heterocycles. The van der Waals surface area contributed by atoms with E-state index in [4.69, 9.17) is 4.74 Å². The molecule has 0 aliphatic rings. The summed E-state index contributed by atoms with van der Waals surface area (Å²) in [4.78, 5) is 26.2. The van der Waals surface area contributed by atoms with Crippen molar-refractivity contribution < 1.29 is 22.7 Å². The predicted molar refractivity (Wildman–Crippen MR) is 108 cm³/mol. The van der Waals surface area contributed by atoms with Crippen LogP contribution in [0.3, 0.4) is 0 Å². The molecule has 1 aromatic carbocycles. The summed E-state index contributed by atoms with van der Waals surface area (Å²) in [7, 11) is 1.28. The van der Waals surface area contributed by atoms with E-state index in [-0.39, 0.29) is 11.4 Å². The Morgan fingerprint density at radius 1 is 1.17 bits per heavy atom. The van der Waals surface area contributed by atoms with E-state index in [1.165, 1.54) is 38.4 Å². The first-order valence-electron chi connectivity index (χ1n) is 8.75. The van der Waals surface area contributed by atoms with E-state index in [0.29, 0.717) is 5.69 Å². The van der Waals surface area contributed by atoms with Gasteiger partial charge in [-0.25, -0.2) is 4.68 Å². The van der Waals surface area contributed by atoms with E-state index in [2.05, 4.69) is 10.4 Å². The lowest BCUT2D eigenvalue weighted by molar-refractivity contribution is -0.137. The molecule has 0 bridgehead atoms. The number of aromatic nitrogens is 2. The third-order valence-electron chi connectivity index (χ3n) is 4.43. The van der Waals surface area contributed by atoms with Crippen molar-refractivity contribution in [3.8, 4) is 16.3 Å². The molecular weight excluding hydrogens is 419 g/mol. The Labute approximate surface area is 173 Å². The Kier molecular flexibility index (Phi) is 5.71. The fourth-order valence-electron chi connectivity index (χ4n) is 2.72. The number of benzene rings is 1. The third kappa shape index (κ3) is 4.23. The molecule has 30 heavy (non-hydrogen) atoms. The van der Waals surface area contributed by atoms with Crippen molar-refractivity contribution in [3.05, 3.63) is 63.8 Å². The molecule has 3 aromatic rings. The van der Waals surface area contributed by atoms with Gasteiger partial charge in [0.2, 0.25) is 0 Å². The second-order valence-corrected chi connectivity index (χ2v) is 7.82. The van der Waals surface area contributed by atoms with Gasteiger partial charge in [-0.3, -0.25) is 9.59 Å². The number of halogens is 3. The first-order valence-corrected chi connectivity index (χ1v) is 9.63. The van der Waals surface area contributed by atoms with E-state index in [1.807, 2.05) is 17.5 Å². The number of alkyl halides is 3. The molecule has 0 unspecified atom stereocenters. The molecule has 158 valence electrons. The SMILES string of the molecule is COc1ccc(C(F)(F)F)cc1NC(=O)C(C)(C)n1nc(-c2cccs2)ccc1=O. The van der Waals surface area contributed by atoms with E-state index in [1.54, 1.807) is 6.07 Å². The van der Waals surface area contributed by atoms with Gasteiger partial charge in [0, 0.05) is 6.07 Å². The van der Waals surface area contributed by atoms with Crippen LogP contribution in [0, 0.1) is 0 Å². The Bertz CT molecular complexity index is 1120. The number of anilines is 1. The zero-order valence-electron chi connectivity index (χ0n) is 16.3. The van der Waals surface area contributed by atoms with Gasteiger partial charge in [-0.05, 0) is 49.6 Å². The number of hydrogen-bond acceptors (Lipinski definition) is 5. The van der Waals surface area contributed by atoms with Crippen molar-refractivity contribution in [1.82, 2.24) is 9.78 Å². The van der Waals surface area contributed by atoms with Gasteiger partial charge >= 0.3 is 6.18 Å². The van der Waals surface area contributed by atoms with Crippen LogP contribution in [0.4, 0.5) is 18.9 Å². The molecule has 0 radical (unpaired) electrons. The van der Waals surface area contributed by atoms with Gasteiger partial charge in [-0.15, -0.1) is 11.3 Å². The molecule has 6 nitrogen and oxygen atoms in total. The zero-order valence-corrected chi connectivity index (χ0v) is 17.1. The highest BCUT2D eigenvalue weighted by atomic mass is 32.1. The smallest absolute Gasteiger partial charge is 0.416 e. The van der Waals surface area contributed by atoms with Crippen molar-refractivity contribution in [2.24, 2.45) is 0 Å². The summed E-state index contributed by atoms with van der Waals surface area (Å²) in [6, 6.07) is 9.25. The summed E-state index contributed by atoms with van der Waals surface area (Å²) in [5, 5.41) is 8.58. The minimum Gasteiger partial charge on any atom is -0.495 e. The number of rotatable bonds is 5. The number of thiophene rings is 1. The van der Waals surface area contributed by atoms with Crippen LogP contribution in [0.2, 0.25) is 0 Å². The van der Waals surface area contributed by atoms with Gasteiger partial charge in [0.15, 0.2) is 0 Å². The molecular formula is C20H18F3N3O3S. The molecule has 0 aliphatic carbocycles. The number of nitrogens with zero attached hydrogens (tertiary/aromatic N) is 2. The Morgan fingerprint density at radius 3 is 2.50 bits per heavy atom. The summed E-state index contributed by atoms with van der Waals surface area (Å²) < 4.78 is 45.3. The number of methoxy groups -OCH3 is 1. The number of carbonyl (C=O) groups is 1. The molecule has 0 aliphatic heterocycles. The predicted octanol–water partition coefficient (Wildman–Crippen LogP) is 4.37. The van der Waals surface area contributed by atoms with Crippen molar-refractivity contribution in [2.75, 3.05) is 12.4 Å². The average Bonchev–Trinajstić information content (AvgIpc) is 3.22. The van der Waals surface area contributed by atoms with Crippen molar-refractivity contribution in [2.45, 2.75) is 25.6 Å². The lowest BCUT2D eigenvalue weighted by Crippen LogP contribution is -2.47. The van der Waals surface area contributed by atoms with Crippen LogP contribution in [0.15, 0.2) is 52.6 Å². The molecule has 0 fully saturated rings. The van der Waals surface area contributed by atoms with Crippen molar-refractivity contribution in [1.29, 1.82) is 0 Å². The molecule has 1 N–H and O–H groups in total. The van der Waals surface area contributed by atoms with Gasteiger partial charge in [-0.1, -0.05) is 6.07 Å². The standard InChI is InChI=1S/C20H18F3N3O3S/c1-19(2,26-17(27)9-7-13(25-26)16-5-4-10-30-16)18(28)24-14-11-12(20(21,22)23)6-8-15(14)29-3/h4-11H,1-3H3,(H,24,28). The fraction of sp³-hybridized carbons (Fsp3) is 0.250. The first kappa shape index (κ1) is 21.6. The lowest BCUT2D eigenvalue weighted by Gasteiger charge is -2.26. The molecule has 0 saturated carbocycles. The van der Waals surface area contributed by atoms with E-state index >= 15 is 0 Å². The van der Waals surface area contributed by atoms with Gasteiger partial charge in [-0.2, -0.15) is 18.3 Å².